The highest BCUT2D eigenvalue weighted by Crippen LogP contribution is 2.26. The summed E-state index contributed by atoms with van der Waals surface area (Å²) in [7, 11) is -2.98. The van der Waals surface area contributed by atoms with Crippen molar-refractivity contribution in [2.45, 2.75) is 45.7 Å². The van der Waals surface area contributed by atoms with E-state index in [9.17, 15) is 8.42 Å². The van der Waals surface area contributed by atoms with Gasteiger partial charge in [0, 0.05) is 43.4 Å². The summed E-state index contributed by atoms with van der Waals surface area (Å²) >= 11 is 0. The average Bonchev–Trinajstić information content (AvgIpc) is 2.65. The summed E-state index contributed by atoms with van der Waals surface area (Å²) < 4.78 is 25.2. The molecule has 1 aromatic heterocycles. The van der Waals surface area contributed by atoms with Crippen LogP contribution in [0.3, 0.4) is 0 Å². The molecule has 0 bridgehead atoms. The molecule has 1 aliphatic heterocycles. The zero-order valence-electron chi connectivity index (χ0n) is 12.1. The lowest BCUT2D eigenvalue weighted by Gasteiger charge is -2.22. The van der Waals surface area contributed by atoms with Crippen LogP contribution in [0.1, 0.15) is 49.9 Å². The molecule has 5 nitrogen and oxygen atoms in total. The first kappa shape index (κ1) is 14.5. The molecule has 1 aliphatic rings. The van der Waals surface area contributed by atoms with Crippen molar-refractivity contribution in [3.8, 4) is 0 Å². The average molecular weight is 285 g/mol. The first-order chi connectivity index (χ1) is 8.79. The Morgan fingerprint density at radius 3 is 2.63 bits per heavy atom. The van der Waals surface area contributed by atoms with Crippen molar-refractivity contribution in [3.05, 3.63) is 17.2 Å². The van der Waals surface area contributed by atoms with Crippen LogP contribution in [-0.2, 0) is 22.8 Å². The molecule has 0 aromatic carbocycles. The van der Waals surface area contributed by atoms with Crippen LogP contribution in [0.25, 0.3) is 0 Å². The molecule has 2 heterocycles. The van der Waals surface area contributed by atoms with Crippen molar-refractivity contribution < 1.29 is 8.42 Å². The maximum atomic E-state index is 11.5. The van der Waals surface area contributed by atoms with Crippen LogP contribution >= 0.6 is 0 Å². The smallest absolute Gasteiger partial charge is 0.149 e. The van der Waals surface area contributed by atoms with Crippen LogP contribution in [0, 0.1) is 0 Å². The monoisotopic (exact) mass is 285 g/mol. The van der Waals surface area contributed by atoms with E-state index < -0.39 is 9.84 Å². The molecule has 0 saturated heterocycles. The number of imidazole rings is 1. The van der Waals surface area contributed by atoms with Crippen molar-refractivity contribution in [3.63, 3.8) is 0 Å². The Morgan fingerprint density at radius 2 is 2.05 bits per heavy atom. The Morgan fingerprint density at radius 1 is 1.37 bits per heavy atom. The zero-order chi connectivity index (χ0) is 14.2. The Labute approximate surface area is 115 Å². The van der Waals surface area contributed by atoms with Gasteiger partial charge in [0.1, 0.15) is 15.7 Å². The van der Waals surface area contributed by atoms with Crippen LogP contribution in [0.5, 0.6) is 0 Å². The van der Waals surface area contributed by atoms with Crippen molar-refractivity contribution >= 4 is 9.84 Å². The lowest BCUT2D eigenvalue weighted by atomic mass is 10.1. The molecule has 1 N–H and O–H groups in total. The molecule has 6 heteroatoms. The number of fused-ring (bicyclic) bond motifs is 1. The molecule has 108 valence electrons. The molecule has 0 radical (unpaired) electrons. The third-order valence-corrected chi connectivity index (χ3v) is 4.54. The lowest BCUT2D eigenvalue weighted by Crippen LogP contribution is -2.27. The standard InChI is InChI=1S/C13H23N3O2S/c1-9(2)13-15-11-7-14-6-5-12(11)16(13)10(3)8-19(4,17)18/h9-10,14H,5-8H2,1-4H3. The third kappa shape index (κ3) is 3.17. The molecule has 1 atom stereocenters. The van der Waals surface area contributed by atoms with Crippen molar-refractivity contribution in [2.24, 2.45) is 0 Å². The summed E-state index contributed by atoms with van der Waals surface area (Å²) in [5.74, 6) is 1.47. The quantitative estimate of drug-likeness (QED) is 0.904. The van der Waals surface area contributed by atoms with E-state index >= 15 is 0 Å². The number of hydrogen-bond donors (Lipinski definition) is 1. The summed E-state index contributed by atoms with van der Waals surface area (Å²) in [6.45, 7) is 7.89. The van der Waals surface area contributed by atoms with E-state index in [4.69, 9.17) is 4.98 Å². The van der Waals surface area contributed by atoms with Gasteiger partial charge in [0.15, 0.2) is 0 Å². The highest BCUT2D eigenvalue weighted by atomic mass is 32.2. The number of hydrogen-bond acceptors (Lipinski definition) is 4. The Balaban J connectivity index is 2.44. The van der Waals surface area contributed by atoms with Gasteiger partial charge in [-0.2, -0.15) is 0 Å². The molecule has 0 aliphatic carbocycles. The minimum absolute atomic E-state index is 0.0539. The second-order valence-electron chi connectivity index (χ2n) is 5.76. The van der Waals surface area contributed by atoms with Crippen molar-refractivity contribution in [1.82, 2.24) is 14.9 Å². The second-order valence-corrected chi connectivity index (χ2v) is 7.94. The highest BCUT2D eigenvalue weighted by Gasteiger charge is 2.25. The van der Waals surface area contributed by atoms with Gasteiger partial charge in [-0.3, -0.25) is 0 Å². The molecular weight excluding hydrogens is 262 g/mol. The summed E-state index contributed by atoms with van der Waals surface area (Å²) in [6.07, 6.45) is 2.21. The molecule has 0 spiro atoms. The van der Waals surface area contributed by atoms with E-state index in [1.54, 1.807) is 0 Å². The summed E-state index contributed by atoms with van der Waals surface area (Å²) in [5, 5.41) is 3.31. The van der Waals surface area contributed by atoms with Gasteiger partial charge in [0.05, 0.1) is 11.4 Å². The fraction of sp³-hybridized carbons (Fsp3) is 0.769. The van der Waals surface area contributed by atoms with E-state index in [2.05, 4.69) is 23.7 Å². The van der Waals surface area contributed by atoms with Gasteiger partial charge in [0.2, 0.25) is 0 Å². The largest absolute Gasteiger partial charge is 0.328 e. The lowest BCUT2D eigenvalue weighted by molar-refractivity contribution is 0.508. The summed E-state index contributed by atoms with van der Waals surface area (Å²) in [6, 6.07) is -0.0539. The minimum atomic E-state index is -2.98. The van der Waals surface area contributed by atoms with E-state index in [0.717, 1.165) is 31.0 Å². The van der Waals surface area contributed by atoms with Crippen molar-refractivity contribution in [2.75, 3.05) is 18.6 Å². The van der Waals surface area contributed by atoms with Crippen LogP contribution in [0.4, 0.5) is 0 Å². The van der Waals surface area contributed by atoms with E-state index in [1.807, 2.05) is 6.92 Å². The van der Waals surface area contributed by atoms with E-state index in [0.29, 0.717) is 5.92 Å². The van der Waals surface area contributed by atoms with Gasteiger partial charge in [-0.1, -0.05) is 13.8 Å². The Hall–Kier alpha value is -0.880. The third-order valence-electron chi connectivity index (χ3n) is 3.45. The first-order valence-corrected chi connectivity index (χ1v) is 8.84. The number of rotatable bonds is 4. The van der Waals surface area contributed by atoms with Gasteiger partial charge in [-0.25, -0.2) is 13.4 Å². The number of nitrogens with zero attached hydrogens (tertiary/aromatic N) is 2. The van der Waals surface area contributed by atoms with E-state index in [-0.39, 0.29) is 11.8 Å². The van der Waals surface area contributed by atoms with Crippen molar-refractivity contribution in [1.29, 1.82) is 0 Å². The number of aromatic nitrogens is 2. The zero-order valence-corrected chi connectivity index (χ0v) is 12.9. The Kier molecular flexibility index (Phi) is 4.01. The first-order valence-electron chi connectivity index (χ1n) is 6.78. The molecule has 1 aromatic rings. The second kappa shape index (κ2) is 5.25. The van der Waals surface area contributed by atoms with Gasteiger partial charge in [-0.15, -0.1) is 0 Å². The van der Waals surface area contributed by atoms with Crippen LogP contribution < -0.4 is 5.32 Å². The maximum absolute atomic E-state index is 11.5. The normalized spacial score (nSPS) is 17.5. The van der Waals surface area contributed by atoms with E-state index in [1.165, 1.54) is 11.9 Å². The predicted molar refractivity (Wildman–Crippen MR) is 76.1 cm³/mol. The molecule has 0 fully saturated rings. The highest BCUT2D eigenvalue weighted by molar-refractivity contribution is 7.90. The molecule has 0 saturated carbocycles. The minimum Gasteiger partial charge on any atom is -0.328 e. The summed E-state index contributed by atoms with van der Waals surface area (Å²) in [5.41, 5.74) is 2.29. The number of nitrogens with one attached hydrogen (secondary N) is 1. The maximum Gasteiger partial charge on any atom is 0.149 e. The molecule has 0 amide bonds. The van der Waals surface area contributed by atoms with Gasteiger partial charge in [-0.05, 0) is 6.92 Å². The molecule has 1 unspecified atom stereocenters. The predicted octanol–water partition coefficient (Wildman–Crippen LogP) is 1.26. The topological polar surface area (TPSA) is 64.0 Å². The number of sulfone groups is 1. The van der Waals surface area contributed by atoms with Crippen LogP contribution in [0.15, 0.2) is 0 Å². The van der Waals surface area contributed by atoms with Gasteiger partial charge >= 0.3 is 0 Å². The van der Waals surface area contributed by atoms with Crippen LogP contribution in [-0.4, -0.2) is 36.5 Å². The van der Waals surface area contributed by atoms with Crippen LogP contribution in [0.2, 0.25) is 0 Å². The SMILES string of the molecule is CC(C)c1nc2c(n1C(C)CS(C)(=O)=O)CCNC2. The molecule has 19 heavy (non-hydrogen) atoms. The molecule has 2 rings (SSSR count). The summed E-state index contributed by atoms with van der Waals surface area (Å²) in [4.78, 5) is 4.71. The van der Waals surface area contributed by atoms with Gasteiger partial charge < -0.3 is 9.88 Å². The van der Waals surface area contributed by atoms with Gasteiger partial charge in [0.25, 0.3) is 0 Å². The fourth-order valence-electron chi connectivity index (χ4n) is 2.77. The Bertz CT molecular complexity index is 561. The molecular formula is C13H23N3O2S. The fourth-order valence-corrected chi connectivity index (χ4v) is 3.79.